The number of carbonyl (C=O) groups is 1. The number of nitrogens with zero attached hydrogens (tertiary/aromatic N) is 1. The molecule has 0 saturated heterocycles. The van der Waals surface area contributed by atoms with Crippen LogP contribution in [0.1, 0.15) is 24.2 Å². The van der Waals surface area contributed by atoms with Crippen LogP contribution < -0.4 is 4.74 Å². The lowest BCUT2D eigenvalue weighted by Crippen LogP contribution is -2.25. The highest BCUT2D eigenvalue weighted by atomic mass is 32.2. The number of benzene rings is 1. The molecule has 0 saturated carbocycles. The van der Waals surface area contributed by atoms with E-state index < -0.39 is 5.82 Å². The highest BCUT2D eigenvalue weighted by Crippen LogP contribution is 2.18. The molecule has 0 radical (unpaired) electrons. The van der Waals surface area contributed by atoms with Crippen molar-refractivity contribution in [2.75, 3.05) is 38.2 Å². The summed E-state index contributed by atoms with van der Waals surface area (Å²) >= 11 is 1.59. The number of rotatable bonds is 9. The lowest BCUT2D eigenvalue weighted by atomic mass is 10.1. The minimum absolute atomic E-state index is 0.0453. The zero-order chi connectivity index (χ0) is 15.0. The third-order valence-electron chi connectivity index (χ3n) is 3.15. The van der Waals surface area contributed by atoms with Crippen LogP contribution >= 0.6 is 11.8 Å². The van der Waals surface area contributed by atoms with Crippen molar-refractivity contribution < 1.29 is 13.9 Å². The Labute approximate surface area is 124 Å². The Balaban J connectivity index is 2.41. The molecule has 0 heterocycles. The first-order valence-electron chi connectivity index (χ1n) is 6.79. The average molecular weight is 299 g/mol. The molecule has 0 aliphatic rings. The molecule has 1 aromatic carbocycles. The van der Waals surface area contributed by atoms with Gasteiger partial charge in [0.1, 0.15) is 0 Å². The zero-order valence-corrected chi connectivity index (χ0v) is 13.1. The van der Waals surface area contributed by atoms with Crippen LogP contribution in [0.4, 0.5) is 4.39 Å². The molecule has 0 amide bonds. The van der Waals surface area contributed by atoms with Crippen molar-refractivity contribution >= 4 is 17.5 Å². The van der Waals surface area contributed by atoms with Crippen LogP contribution in [0.15, 0.2) is 18.2 Å². The standard InChI is InChI=1S/C15H22FNO2S/c1-4-17(5-2)8-9-20-11-14(18)12-6-7-15(19-3)13(16)10-12/h6-7,10H,4-5,8-9,11H2,1-3H3. The minimum atomic E-state index is -0.494. The summed E-state index contributed by atoms with van der Waals surface area (Å²) in [6, 6.07) is 4.34. The summed E-state index contributed by atoms with van der Waals surface area (Å²) in [5.74, 6) is 0.914. The topological polar surface area (TPSA) is 29.5 Å². The maximum Gasteiger partial charge on any atom is 0.172 e. The van der Waals surface area contributed by atoms with E-state index in [0.717, 1.165) is 25.4 Å². The molecule has 5 heteroatoms. The molecule has 0 atom stereocenters. The molecule has 0 aliphatic carbocycles. The maximum atomic E-state index is 13.5. The van der Waals surface area contributed by atoms with Gasteiger partial charge in [-0.3, -0.25) is 4.79 Å². The number of ketones is 1. The van der Waals surface area contributed by atoms with Crippen molar-refractivity contribution in [3.05, 3.63) is 29.6 Å². The molecule has 0 spiro atoms. The quantitative estimate of drug-likeness (QED) is 0.518. The number of ether oxygens (including phenoxy) is 1. The molecule has 0 unspecified atom stereocenters. The summed E-state index contributed by atoms with van der Waals surface area (Å²) in [4.78, 5) is 14.2. The SMILES string of the molecule is CCN(CC)CCSCC(=O)c1ccc(OC)c(F)c1. The van der Waals surface area contributed by atoms with E-state index in [1.807, 2.05) is 0 Å². The lowest BCUT2D eigenvalue weighted by molar-refractivity contribution is 0.102. The fraction of sp³-hybridized carbons (Fsp3) is 0.533. The van der Waals surface area contributed by atoms with E-state index in [4.69, 9.17) is 4.74 Å². The third-order valence-corrected chi connectivity index (χ3v) is 4.09. The van der Waals surface area contributed by atoms with Crippen molar-refractivity contribution in [2.45, 2.75) is 13.8 Å². The molecule has 20 heavy (non-hydrogen) atoms. The second-order valence-electron chi connectivity index (χ2n) is 4.35. The van der Waals surface area contributed by atoms with Crippen LogP contribution in [0.3, 0.4) is 0 Å². The molecule has 1 aromatic rings. The van der Waals surface area contributed by atoms with Gasteiger partial charge in [0.2, 0.25) is 0 Å². The van der Waals surface area contributed by atoms with Gasteiger partial charge in [-0.25, -0.2) is 4.39 Å². The molecule has 112 valence electrons. The first-order valence-corrected chi connectivity index (χ1v) is 7.94. The Morgan fingerprint density at radius 2 is 2.05 bits per heavy atom. The van der Waals surface area contributed by atoms with Crippen molar-refractivity contribution in [3.8, 4) is 5.75 Å². The van der Waals surface area contributed by atoms with Crippen LogP contribution in [-0.2, 0) is 0 Å². The summed E-state index contributed by atoms with van der Waals surface area (Å²) in [5, 5.41) is 0. The van der Waals surface area contributed by atoms with E-state index >= 15 is 0 Å². The van der Waals surface area contributed by atoms with Gasteiger partial charge in [-0.1, -0.05) is 13.8 Å². The van der Waals surface area contributed by atoms with Crippen LogP contribution in [-0.4, -0.2) is 48.9 Å². The highest BCUT2D eigenvalue weighted by molar-refractivity contribution is 8.00. The fourth-order valence-corrected chi connectivity index (χ4v) is 2.71. The molecule has 3 nitrogen and oxygen atoms in total. The number of hydrogen-bond acceptors (Lipinski definition) is 4. The molecule has 1 rings (SSSR count). The summed E-state index contributed by atoms with van der Waals surface area (Å²) < 4.78 is 18.3. The summed E-state index contributed by atoms with van der Waals surface area (Å²) in [6.45, 7) is 7.27. The van der Waals surface area contributed by atoms with Crippen LogP contribution in [0.2, 0.25) is 0 Å². The second kappa shape index (κ2) is 8.97. The largest absolute Gasteiger partial charge is 0.494 e. The second-order valence-corrected chi connectivity index (χ2v) is 5.46. The van der Waals surface area contributed by atoms with Crippen LogP contribution in [0.5, 0.6) is 5.75 Å². The van der Waals surface area contributed by atoms with Gasteiger partial charge < -0.3 is 9.64 Å². The molecular weight excluding hydrogens is 277 g/mol. The maximum absolute atomic E-state index is 13.5. The lowest BCUT2D eigenvalue weighted by Gasteiger charge is -2.17. The van der Waals surface area contributed by atoms with Gasteiger partial charge >= 0.3 is 0 Å². The summed E-state index contributed by atoms with van der Waals surface area (Å²) in [6.07, 6.45) is 0. The average Bonchev–Trinajstić information content (AvgIpc) is 2.47. The zero-order valence-electron chi connectivity index (χ0n) is 12.3. The van der Waals surface area contributed by atoms with Gasteiger partial charge in [0.15, 0.2) is 17.3 Å². The van der Waals surface area contributed by atoms with E-state index in [1.54, 1.807) is 17.8 Å². The summed E-state index contributed by atoms with van der Waals surface area (Å²) in [5.41, 5.74) is 0.402. The number of thioether (sulfide) groups is 1. The van der Waals surface area contributed by atoms with E-state index in [9.17, 15) is 9.18 Å². The van der Waals surface area contributed by atoms with E-state index in [1.165, 1.54) is 19.2 Å². The third kappa shape index (κ3) is 5.13. The number of Topliss-reactive ketones (excluding diaryl/α,β-unsaturated/α-hetero) is 1. The predicted octanol–water partition coefficient (Wildman–Crippen LogP) is 3.09. The molecule has 0 N–H and O–H groups in total. The Kier molecular flexibility index (Phi) is 7.62. The van der Waals surface area contributed by atoms with E-state index in [-0.39, 0.29) is 11.5 Å². The molecule has 0 bridgehead atoms. The van der Waals surface area contributed by atoms with Gasteiger partial charge in [-0.05, 0) is 31.3 Å². The van der Waals surface area contributed by atoms with Crippen molar-refractivity contribution in [3.63, 3.8) is 0 Å². The van der Waals surface area contributed by atoms with Crippen molar-refractivity contribution in [1.82, 2.24) is 4.90 Å². The predicted molar refractivity (Wildman–Crippen MR) is 82.4 cm³/mol. The van der Waals surface area contributed by atoms with Gasteiger partial charge in [0, 0.05) is 17.9 Å². The Morgan fingerprint density at radius 1 is 1.35 bits per heavy atom. The van der Waals surface area contributed by atoms with Crippen molar-refractivity contribution in [2.24, 2.45) is 0 Å². The van der Waals surface area contributed by atoms with Gasteiger partial charge in [0.25, 0.3) is 0 Å². The van der Waals surface area contributed by atoms with Crippen LogP contribution in [0, 0.1) is 5.82 Å². The molecule has 0 fully saturated rings. The highest BCUT2D eigenvalue weighted by Gasteiger charge is 2.10. The monoisotopic (exact) mass is 299 g/mol. The van der Waals surface area contributed by atoms with E-state index in [0.29, 0.717) is 11.3 Å². The number of halogens is 1. The van der Waals surface area contributed by atoms with Gasteiger partial charge in [0.05, 0.1) is 12.9 Å². The number of methoxy groups -OCH3 is 1. The molecule has 0 aromatic heterocycles. The smallest absolute Gasteiger partial charge is 0.172 e. The van der Waals surface area contributed by atoms with Crippen molar-refractivity contribution in [1.29, 1.82) is 0 Å². The Hall–Kier alpha value is -1.07. The fourth-order valence-electron chi connectivity index (χ4n) is 1.82. The van der Waals surface area contributed by atoms with Gasteiger partial charge in [-0.15, -0.1) is 0 Å². The minimum Gasteiger partial charge on any atom is -0.494 e. The number of hydrogen-bond donors (Lipinski definition) is 0. The van der Waals surface area contributed by atoms with E-state index in [2.05, 4.69) is 18.7 Å². The Bertz CT molecular complexity index is 436. The molecule has 0 aliphatic heterocycles. The number of carbonyl (C=O) groups excluding carboxylic acids is 1. The Morgan fingerprint density at radius 3 is 2.60 bits per heavy atom. The van der Waals surface area contributed by atoms with Crippen LogP contribution in [0.25, 0.3) is 0 Å². The van der Waals surface area contributed by atoms with Gasteiger partial charge in [-0.2, -0.15) is 11.8 Å². The normalized spacial score (nSPS) is 10.8. The molecular formula is C15H22FNO2S. The summed E-state index contributed by atoms with van der Waals surface area (Å²) in [7, 11) is 1.41. The first kappa shape index (κ1) is 17.0. The first-order chi connectivity index (χ1) is 9.62.